The van der Waals surface area contributed by atoms with Gasteiger partial charge in [-0.05, 0) is 77.8 Å². The van der Waals surface area contributed by atoms with Crippen LogP contribution < -0.4 is 5.32 Å². The Labute approximate surface area is 134 Å². The molecule has 5 heteroatoms. The largest absolute Gasteiger partial charge is 0.444 e. The molecule has 1 aliphatic carbocycles. The lowest BCUT2D eigenvalue weighted by molar-refractivity contribution is 0.0166. The Balaban J connectivity index is 1.68. The molecule has 2 fully saturated rings. The van der Waals surface area contributed by atoms with E-state index < -0.39 is 5.60 Å². The summed E-state index contributed by atoms with van der Waals surface area (Å²) in [4.78, 5) is 14.0. The number of aliphatic hydroxyl groups is 1. The fraction of sp³-hybridized carbons (Fsp3) is 0.941. The number of piperidine rings is 1. The topological polar surface area (TPSA) is 61.8 Å². The molecule has 0 aromatic heterocycles. The molecule has 1 amide bonds. The Bertz CT molecular complexity index is 367. The molecule has 2 rings (SSSR count). The van der Waals surface area contributed by atoms with E-state index in [1.54, 1.807) is 0 Å². The highest BCUT2D eigenvalue weighted by Gasteiger charge is 2.28. The summed E-state index contributed by atoms with van der Waals surface area (Å²) in [7, 11) is 0. The monoisotopic (exact) mass is 312 g/mol. The Morgan fingerprint density at radius 2 is 1.95 bits per heavy atom. The first-order valence-corrected chi connectivity index (χ1v) is 8.70. The molecule has 1 heterocycles. The van der Waals surface area contributed by atoms with Crippen molar-refractivity contribution in [2.45, 2.75) is 64.6 Å². The van der Waals surface area contributed by atoms with Gasteiger partial charge in [0.2, 0.25) is 0 Å². The number of likely N-dealkylation sites (tertiary alicyclic amines) is 1. The van der Waals surface area contributed by atoms with Crippen LogP contribution in [0.1, 0.15) is 52.9 Å². The van der Waals surface area contributed by atoms with Gasteiger partial charge in [0, 0.05) is 13.1 Å². The molecule has 1 aliphatic heterocycles. The maximum atomic E-state index is 12.1. The molecule has 3 atom stereocenters. The Kier molecular flexibility index (Phi) is 6.09. The third-order valence-corrected chi connectivity index (χ3v) is 4.55. The van der Waals surface area contributed by atoms with Gasteiger partial charge in [-0.1, -0.05) is 0 Å². The van der Waals surface area contributed by atoms with Gasteiger partial charge in [-0.3, -0.25) is 0 Å². The lowest BCUT2D eigenvalue weighted by atomic mass is 9.98. The summed E-state index contributed by atoms with van der Waals surface area (Å²) in [5.74, 6) is 1.12. The van der Waals surface area contributed by atoms with Crippen molar-refractivity contribution in [2.75, 3.05) is 26.2 Å². The zero-order chi connectivity index (χ0) is 16.2. The van der Waals surface area contributed by atoms with E-state index in [0.29, 0.717) is 11.8 Å². The fourth-order valence-electron chi connectivity index (χ4n) is 3.45. The number of carbonyl (C=O) groups excluding carboxylic acids is 1. The number of ether oxygens (including phenoxy) is 1. The van der Waals surface area contributed by atoms with Crippen LogP contribution in [0, 0.1) is 11.8 Å². The van der Waals surface area contributed by atoms with Crippen molar-refractivity contribution in [3.05, 3.63) is 0 Å². The highest BCUT2D eigenvalue weighted by Crippen LogP contribution is 2.25. The van der Waals surface area contributed by atoms with Gasteiger partial charge in [-0.25, -0.2) is 4.79 Å². The molecular weight excluding hydrogens is 280 g/mol. The van der Waals surface area contributed by atoms with E-state index in [-0.39, 0.29) is 12.2 Å². The maximum Gasteiger partial charge on any atom is 0.410 e. The number of hydrogen-bond donors (Lipinski definition) is 2. The molecule has 5 nitrogen and oxygen atoms in total. The average molecular weight is 312 g/mol. The van der Waals surface area contributed by atoms with Crippen LogP contribution in [-0.4, -0.2) is 54.0 Å². The molecule has 2 N–H and O–H groups in total. The summed E-state index contributed by atoms with van der Waals surface area (Å²) < 4.78 is 5.46. The molecule has 3 unspecified atom stereocenters. The van der Waals surface area contributed by atoms with Crippen LogP contribution in [-0.2, 0) is 4.74 Å². The third-order valence-electron chi connectivity index (χ3n) is 4.55. The SMILES string of the molecule is CC(C)(C)OC(=O)N1CCCC(CNCC2CCC(O)C2)C1. The minimum Gasteiger partial charge on any atom is -0.444 e. The van der Waals surface area contributed by atoms with Gasteiger partial charge in [-0.15, -0.1) is 0 Å². The number of nitrogens with one attached hydrogen (secondary N) is 1. The first-order valence-electron chi connectivity index (χ1n) is 8.70. The van der Waals surface area contributed by atoms with Crippen molar-refractivity contribution >= 4 is 6.09 Å². The van der Waals surface area contributed by atoms with Crippen molar-refractivity contribution in [1.29, 1.82) is 0 Å². The molecule has 2 aliphatic rings. The second-order valence-electron chi connectivity index (χ2n) is 7.93. The van der Waals surface area contributed by atoms with Crippen LogP contribution in [0.3, 0.4) is 0 Å². The van der Waals surface area contributed by atoms with Crippen LogP contribution in [0.25, 0.3) is 0 Å². The van der Waals surface area contributed by atoms with Crippen LogP contribution in [0.15, 0.2) is 0 Å². The molecule has 0 spiro atoms. The molecule has 22 heavy (non-hydrogen) atoms. The van der Waals surface area contributed by atoms with E-state index in [0.717, 1.165) is 51.9 Å². The Morgan fingerprint density at radius 3 is 2.59 bits per heavy atom. The van der Waals surface area contributed by atoms with E-state index >= 15 is 0 Å². The molecular formula is C17H32N2O3. The third kappa shape index (κ3) is 5.76. The van der Waals surface area contributed by atoms with Gasteiger partial charge in [0.15, 0.2) is 0 Å². The summed E-state index contributed by atoms with van der Waals surface area (Å²) >= 11 is 0. The summed E-state index contributed by atoms with van der Waals surface area (Å²) in [5.41, 5.74) is -0.425. The van der Waals surface area contributed by atoms with Crippen molar-refractivity contribution in [2.24, 2.45) is 11.8 Å². The zero-order valence-corrected chi connectivity index (χ0v) is 14.3. The number of hydrogen-bond acceptors (Lipinski definition) is 4. The maximum absolute atomic E-state index is 12.1. The highest BCUT2D eigenvalue weighted by atomic mass is 16.6. The minimum absolute atomic E-state index is 0.0934. The summed E-state index contributed by atoms with van der Waals surface area (Å²) in [6.07, 6.45) is 4.94. The molecule has 1 saturated heterocycles. The molecule has 0 bridgehead atoms. The standard InChI is InChI=1S/C17H32N2O3/c1-17(2,3)22-16(21)19-8-4-5-14(12-19)11-18-10-13-6-7-15(20)9-13/h13-15,18,20H,4-12H2,1-3H3. The lowest BCUT2D eigenvalue weighted by Gasteiger charge is -2.34. The van der Waals surface area contributed by atoms with Gasteiger partial charge in [-0.2, -0.15) is 0 Å². The van der Waals surface area contributed by atoms with E-state index in [1.165, 1.54) is 6.42 Å². The number of carbonyl (C=O) groups is 1. The predicted molar refractivity (Wildman–Crippen MR) is 86.7 cm³/mol. The number of aliphatic hydroxyl groups excluding tert-OH is 1. The first-order chi connectivity index (χ1) is 10.3. The molecule has 128 valence electrons. The summed E-state index contributed by atoms with van der Waals surface area (Å²) in [6.45, 7) is 9.25. The number of rotatable bonds is 4. The van der Waals surface area contributed by atoms with Crippen molar-refractivity contribution in [3.8, 4) is 0 Å². The molecule has 0 radical (unpaired) electrons. The highest BCUT2D eigenvalue weighted by molar-refractivity contribution is 5.68. The van der Waals surface area contributed by atoms with E-state index in [1.807, 2.05) is 25.7 Å². The van der Waals surface area contributed by atoms with E-state index in [2.05, 4.69) is 5.32 Å². The second kappa shape index (κ2) is 7.64. The summed E-state index contributed by atoms with van der Waals surface area (Å²) in [5, 5.41) is 13.1. The van der Waals surface area contributed by atoms with Crippen LogP contribution in [0.2, 0.25) is 0 Å². The quantitative estimate of drug-likeness (QED) is 0.837. The summed E-state index contributed by atoms with van der Waals surface area (Å²) in [6, 6.07) is 0. The number of amides is 1. The van der Waals surface area contributed by atoms with Crippen LogP contribution >= 0.6 is 0 Å². The van der Waals surface area contributed by atoms with Gasteiger partial charge < -0.3 is 20.1 Å². The smallest absolute Gasteiger partial charge is 0.410 e. The predicted octanol–water partition coefficient (Wildman–Crippen LogP) is 2.38. The Morgan fingerprint density at radius 1 is 1.23 bits per heavy atom. The van der Waals surface area contributed by atoms with Crippen LogP contribution in [0.5, 0.6) is 0 Å². The average Bonchev–Trinajstić information content (AvgIpc) is 2.83. The lowest BCUT2D eigenvalue weighted by Crippen LogP contribution is -2.45. The van der Waals surface area contributed by atoms with Crippen LogP contribution in [0.4, 0.5) is 4.79 Å². The van der Waals surface area contributed by atoms with Gasteiger partial charge in [0.05, 0.1) is 6.10 Å². The Hall–Kier alpha value is -0.810. The molecule has 0 aromatic rings. The minimum atomic E-state index is -0.425. The van der Waals surface area contributed by atoms with Crippen molar-refractivity contribution in [3.63, 3.8) is 0 Å². The van der Waals surface area contributed by atoms with E-state index in [4.69, 9.17) is 4.74 Å². The van der Waals surface area contributed by atoms with E-state index in [9.17, 15) is 9.90 Å². The normalized spacial score (nSPS) is 29.6. The second-order valence-corrected chi connectivity index (χ2v) is 7.93. The van der Waals surface area contributed by atoms with Gasteiger partial charge in [0.25, 0.3) is 0 Å². The van der Waals surface area contributed by atoms with Crippen molar-refractivity contribution in [1.82, 2.24) is 10.2 Å². The number of nitrogens with zero attached hydrogens (tertiary/aromatic N) is 1. The first kappa shape index (κ1) is 17.5. The fourth-order valence-corrected chi connectivity index (χ4v) is 3.45. The zero-order valence-electron chi connectivity index (χ0n) is 14.3. The van der Waals surface area contributed by atoms with Gasteiger partial charge in [0.1, 0.15) is 5.60 Å². The molecule has 0 aromatic carbocycles. The van der Waals surface area contributed by atoms with Gasteiger partial charge >= 0.3 is 6.09 Å². The molecule has 1 saturated carbocycles. The van der Waals surface area contributed by atoms with Crippen molar-refractivity contribution < 1.29 is 14.6 Å².